The maximum absolute atomic E-state index is 13.5. The highest BCUT2D eigenvalue weighted by molar-refractivity contribution is 5.85. The molecule has 0 atom stereocenters. The van der Waals surface area contributed by atoms with Gasteiger partial charge in [0.15, 0.2) is 17.5 Å². The van der Waals surface area contributed by atoms with Crippen molar-refractivity contribution in [1.29, 1.82) is 0 Å². The number of hydrogen-bond acceptors (Lipinski definition) is 0. The van der Waals surface area contributed by atoms with Crippen LogP contribution in [0, 0.1) is 24.4 Å². The van der Waals surface area contributed by atoms with E-state index < -0.39 is 17.5 Å². The summed E-state index contributed by atoms with van der Waals surface area (Å²) in [6, 6.07) is 0.986. The Morgan fingerprint density at radius 3 is 2.47 bits per heavy atom. The van der Waals surface area contributed by atoms with Gasteiger partial charge in [0.25, 0.3) is 0 Å². The molecule has 0 saturated heterocycles. The molecule has 1 aromatic carbocycles. The molecule has 0 aliphatic rings. The molecule has 2 aromatic rings. The molecule has 1 nitrogen and oxygen atoms in total. The minimum atomic E-state index is -1.41. The van der Waals surface area contributed by atoms with E-state index in [-0.39, 0.29) is 5.39 Å². The molecule has 0 radical (unpaired) electrons. The predicted molar refractivity (Wildman–Crippen MR) is 52.3 cm³/mol. The maximum Gasteiger partial charge on any atom is 0.195 e. The number of aromatic nitrogens is 1. The molecule has 1 heterocycles. The van der Waals surface area contributed by atoms with Crippen molar-refractivity contribution in [3.05, 3.63) is 34.8 Å². The molecular weight excluding hydrogens is 203 g/mol. The Morgan fingerprint density at radius 1 is 1.20 bits per heavy atom. The lowest BCUT2D eigenvalue weighted by atomic mass is 10.1. The minimum absolute atomic E-state index is 0.161. The second-order valence-electron chi connectivity index (χ2n) is 3.49. The van der Waals surface area contributed by atoms with Crippen LogP contribution in [-0.4, -0.2) is 4.98 Å². The third kappa shape index (κ3) is 1.32. The van der Waals surface area contributed by atoms with Gasteiger partial charge < -0.3 is 4.98 Å². The third-order valence-corrected chi connectivity index (χ3v) is 2.59. The number of hydrogen-bond donors (Lipinski definition) is 1. The van der Waals surface area contributed by atoms with Gasteiger partial charge in [0.2, 0.25) is 0 Å². The van der Waals surface area contributed by atoms with Gasteiger partial charge in [-0.3, -0.25) is 0 Å². The summed E-state index contributed by atoms with van der Waals surface area (Å²) in [4.78, 5) is 2.84. The average molecular weight is 213 g/mol. The zero-order valence-electron chi connectivity index (χ0n) is 8.42. The number of halogens is 3. The van der Waals surface area contributed by atoms with E-state index in [1.165, 1.54) is 0 Å². The van der Waals surface area contributed by atoms with Crippen molar-refractivity contribution in [2.24, 2.45) is 0 Å². The number of benzene rings is 1. The van der Waals surface area contributed by atoms with Crippen LogP contribution in [0.3, 0.4) is 0 Å². The molecule has 80 valence electrons. The molecule has 0 spiro atoms. The van der Waals surface area contributed by atoms with Crippen LogP contribution < -0.4 is 0 Å². The first-order chi connectivity index (χ1) is 7.06. The number of H-pyrrole nitrogens is 1. The Hall–Kier alpha value is -1.45. The first-order valence-corrected chi connectivity index (χ1v) is 4.70. The van der Waals surface area contributed by atoms with Gasteiger partial charge in [-0.05, 0) is 18.9 Å². The van der Waals surface area contributed by atoms with E-state index in [0.717, 1.165) is 11.8 Å². The van der Waals surface area contributed by atoms with Gasteiger partial charge in [-0.1, -0.05) is 6.92 Å². The second kappa shape index (κ2) is 3.29. The number of nitrogens with one attached hydrogen (secondary N) is 1. The third-order valence-electron chi connectivity index (χ3n) is 2.59. The number of aryl methyl sites for hydroxylation is 2. The predicted octanol–water partition coefficient (Wildman–Crippen LogP) is 3.46. The van der Waals surface area contributed by atoms with Crippen LogP contribution >= 0.6 is 0 Å². The Morgan fingerprint density at radius 2 is 1.87 bits per heavy atom. The quantitative estimate of drug-likeness (QED) is 0.698. The molecule has 0 saturated carbocycles. The summed E-state index contributed by atoms with van der Waals surface area (Å²) < 4.78 is 39.4. The van der Waals surface area contributed by atoms with Crippen molar-refractivity contribution in [2.45, 2.75) is 20.3 Å². The number of fused-ring (bicyclic) bond motifs is 1. The summed E-state index contributed by atoms with van der Waals surface area (Å²) in [6.45, 7) is 3.60. The molecule has 1 N–H and O–H groups in total. The summed E-state index contributed by atoms with van der Waals surface area (Å²) >= 11 is 0. The average Bonchev–Trinajstić information content (AvgIpc) is 2.50. The summed E-state index contributed by atoms with van der Waals surface area (Å²) in [6.07, 6.45) is 0.577. The van der Waals surface area contributed by atoms with Crippen LogP contribution in [0.2, 0.25) is 0 Å². The molecular formula is C11H10F3N. The standard InChI is InChI=1S/C11H10F3N/c1-3-6-5(2)15-8-4-7(12)10(13)11(14)9(6)8/h4,15H,3H2,1-2H3. The molecule has 0 amide bonds. The highest BCUT2D eigenvalue weighted by Gasteiger charge is 2.18. The van der Waals surface area contributed by atoms with Crippen LogP contribution in [0.1, 0.15) is 18.2 Å². The smallest absolute Gasteiger partial charge is 0.195 e. The van der Waals surface area contributed by atoms with E-state index in [0.29, 0.717) is 17.5 Å². The van der Waals surface area contributed by atoms with Crippen LogP contribution in [-0.2, 0) is 6.42 Å². The monoisotopic (exact) mass is 213 g/mol. The molecule has 0 fully saturated rings. The molecule has 0 unspecified atom stereocenters. The normalized spacial score (nSPS) is 11.3. The van der Waals surface area contributed by atoms with Crippen LogP contribution in [0.15, 0.2) is 6.07 Å². The Labute approximate surface area is 84.9 Å². The minimum Gasteiger partial charge on any atom is -0.358 e. The lowest BCUT2D eigenvalue weighted by molar-refractivity contribution is 0.453. The zero-order chi connectivity index (χ0) is 11.2. The van der Waals surface area contributed by atoms with Gasteiger partial charge in [0.05, 0.1) is 5.52 Å². The molecule has 1 aromatic heterocycles. The van der Waals surface area contributed by atoms with E-state index in [1.54, 1.807) is 6.92 Å². The fourth-order valence-corrected chi connectivity index (χ4v) is 1.90. The van der Waals surface area contributed by atoms with E-state index in [2.05, 4.69) is 4.98 Å². The molecule has 0 aliphatic heterocycles. The van der Waals surface area contributed by atoms with Crippen molar-refractivity contribution in [2.75, 3.05) is 0 Å². The number of rotatable bonds is 1. The van der Waals surface area contributed by atoms with Crippen molar-refractivity contribution < 1.29 is 13.2 Å². The van der Waals surface area contributed by atoms with E-state index in [1.807, 2.05) is 6.92 Å². The fourth-order valence-electron chi connectivity index (χ4n) is 1.90. The van der Waals surface area contributed by atoms with Gasteiger partial charge in [-0.25, -0.2) is 13.2 Å². The Bertz CT molecular complexity index is 528. The summed E-state index contributed by atoms with van der Waals surface area (Å²) in [7, 11) is 0. The first-order valence-electron chi connectivity index (χ1n) is 4.70. The van der Waals surface area contributed by atoms with Crippen molar-refractivity contribution in [3.63, 3.8) is 0 Å². The lowest BCUT2D eigenvalue weighted by Crippen LogP contribution is -1.92. The molecule has 4 heteroatoms. The molecule has 15 heavy (non-hydrogen) atoms. The topological polar surface area (TPSA) is 15.8 Å². The summed E-state index contributed by atoms with van der Waals surface area (Å²) in [5.74, 6) is -3.67. The fraction of sp³-hybridized carbons (Fsp3) is 0.273. The molecule has 0 aliphatic carbocycles. The highest BCUT2D eigenvalue weighted by Crippen LogP contribution is 2.28. The first kappa shape index (κ1) is 10.1. The highest BCUT2D eigenvalue weighted by atomic mass is 19.2. The van der Waals surface area contributed by atoms with Crippen LogP contribution in [0.5, 0.6) is 0 Å². The van der Waals surface area contributed by atoms with E-state index >= 15 is 0 Å². The Balaban J connectivity index is 2.93. The van der Waals surface area contributed by atoms with Crippen LogP contribution in [0.4, 0.5) is 13.2 Å². The summed E-state index contributed by atoms with van der Waals surface area (Å²) in [5.41, 5.74) is 1.75. The van der Waals surface area contributed by atoms with Gasteiger partial charge in [0.1, 0.15) is 0 Å². The van der Waals surface area contributed by atoms with Gasteiger partial charge in [0, 0.05) is 17.1 Å². The van der Waals surface area contributed by atoms with E-state index in [9.17, 15) is 13.2 Å². The van der Waals surface area contributed by atoms with Gasteiger partial charge in [-0.2, -0.15) is 0 Å². The van der Waals surface area contributed by atoms with Crippen molar-refractivity contribution in [1.82, 2.24) is 4.98 Å². The lowest BCUT2D eigenvalue weighted by Gasteiger charge is -1.99. The molecule has 2 rings (SSSR count). The largest absolute Gasteiger partial charge is 0.358 e. The SMILES string of the molecule is CCc1c(C)[nH]c2cc(F)c(F)c(F)c12. The maximum atomic E-state index is 13.5. The van der Waals surface area contributed by atoms with Crippen LogP contribution in [0.25, 0.3) is 10.9 Å². The van der Waals surface area contributed by atoms with Crippen molar-refractivity contribution >= 4 is 10.9 Å². The Kier molecular flexibility index (Phi) is 2.21. The van der Waals surface area contributed by atoms with Gasteiger partial charge in [-0.15, -0.1) is 0 Å². The van der Waals surface area contributed by atoms with Crippen molar-refractivity contribution in [3.8, 4) is 0 Å². The second-order valence-corrected chi connectivity index (χ2v) is 3.49. The van der Waals surface area contributed by atoms with E-state index in [4.69, 9.17) is 0 Å². The van der Waals surface area contributed by atoms with Gasteiger partial charge >= 0.3 is 0 Å². The number of aromatic amines is 1. The molecule has 0 bridgehead atoms. The summed E-state index contributed by atoms with van der Waals surface area (Å²) in [5, 5.41) is 0.161. The zero-order valence-corrected chi connectivity index (χ0v) is 8.42.